The van der Waals surface area contributed by atoms with Crippen LogP contribution in [0.2, 0.25) is 0 Å². The molecule has 0 bridgehead atoms. The Morgan fingerprint density at radius 3 is 2.91 bits per heavy atom. The minimum absolute atomic E-state index is 0.0223. The van der Waals surface area contributed by atoms with Gasteiger partial charge in [-0.15, -0.1) is 0 Å². The topological polar surface area (TPSA) is 96.3 Å². The average molecular weight is 441 g/mol. The number of hydrogen-bond donors (Lipinski definition) is 3. The lowest BCUT2D eigenvalue weighted by molar-refractivity contribution is -0.123. The molecule has 0 aliphatic rings. The first-order valence-electron chi connectivity index (χ1n) is 10.7. The third kappa shape index (κ3) is 4.50. The summed E-state index contributed by atoms with van der Waals surface area (Å²) in [6.07, 6.45) is 7.44. The predicted octanol–water partition coefficient (Wildman–Crippen LogP) is 4.52. The number of carbonyl (C=O) groups excluding carboxylic acids is 1. The number of nitrogens with zero attached hydrogens (tertiary/aromatic N) is 3. The van der Waals surface area contributed by atoms with E-state index in [2.05, 4.69) is 37.9 Å². The molecule has 5 aromatic rings. The maximum Gasteiger partial charge on any atom is 0.258 e. The number of imidazole rings is 1. The quantitative estimate of drug-likeness (QED) is 0.346. The second kappa shape index (κ2) is 8.66. The van der Waals surface area contributed by atoms with Crippen LogP contribution in [0.25, 0.3) is 27.5 Å². The molecular formula is C25H24N6O2. The van der Waals surface area contributed by atoms with E-state index in [4.69, 9.17) is 4.74 Å². The number of rotatable bonds is 7. The van der Waals surface area contributed by atoms with Crippen LogP contribution < -0.4 is 15.4 Å². The fourth-order valence-electron chi connectivity index (χ4n) is 3.74. The van der Waals surface area contributed by atoms with E-state index >= 15 is 0 Å². The lowest BCUT2D eigenvalue weighted by atomic mass is 10.1. The molecule has 1 amide bonds. The van der Waals surface area contributed by atoms with Gasteiger partial charge in [0.1, 0.15) is 5.75 Å². The van der Waals surface area contributed by atoms with Crippen molar-refractivity contribution in [3.63, 3.8) is 0 Å². The van der Waals surface area contributed by atoms with Crippen molar-refractivity contribution < 1.29 is 9.53 Å². The van der Waals surface area contributed by atoms with Crippen LogP contribution in [0.5, 0.6) is 5.75 Å². The SMILES string of the molecule is CC(C)NC(=O)COc1cccc(-c2cc(Nc3ccc4[nH]ncc4c3)c3cncn3c2)c1. The van der Waals surface area contributed by atoms with Crippen LogP contribution in [0, 0.1) is 0 Å². The molecule has 166 valence electrons. The molecule has 5 rings (SSSR count). The van der Waals surface area contributed by atoms with Gasteiger partial charge in [0, 0.05) is 28.9 Å². The summed E-state index contributed by atoms with van der Waals surface area (Å²) in [4.78, 5) is 16.2. The van der Waals surface area contributed by atoms with Gasteiger partial charge in [0.25, 0.3) is 5.91 Å². The number of hydrogen-bond acceptors (Lipinski definition) is 5. The van der Waals surface area contributed by atoms with Crippen molar-refractivity contribution in [2.75, 3.05) is 11.9 Å². The number of H-pyrrole nitrogens is 1. The van der Waals surface area contributed by atoms with Gasteiger partial charge >= 0.3 is 0 Å². The Labute approximate surface area is 190 Å². The third-order valence-electron chi connectivity index (χ3n) is 5.23. The van der Waals surface area contributed by atoms with Crippen LogP contribution in [-0.4, -0.2) is 38.1 Å². The first-order valence-corrected chi connectivity index (χ1v) is 10.7. The molecule has 0 radical (unpaired) electrons. The molecule has 33 heavy (non-hydrogen) atoms. The Hall–Kier alpha value is -4.33. The molecule has 0 aliphatic heterocycles. The van der Waals surface area contributed by atoms with Crippen LogP contribution in [-0.2, 0) is 4.79 Å². The monoisotopic (exact) mass is 440 g/mol. The highest BCUT2D eigenvalue weighted by Gasteiger charge is 2.10. The molecule has 0 saturated carbocycles. The van der Waals surface area contributed by atoms with Crippen LogP contribution >= 0.6 is 0 Å². The first-order chi connectivity index (χ1) is 16.0. The van der Waals surface area contributed by atoms with E-state index in [0.29, 0.717) is 5.75 Å². The maximum atomic E-state index is 11.9. The summed E-state index contributed by atoms with van der Waals surface area (Å²) in [5.41, 5.74) is 5.80. The summed E-state index contributed by atoms with van der Waals surface area (Å²) >= 11 is 0. The number of pyridine rings is 1. The lowest BCUT2D eigenvalue weighted by Crippen LogP contribution is -2.34. The molecule has 0 spiro atoms. The van der Waals surface area contributed by atoms with Crippen molar-refractivity contribution in [3.05, 3.63) is 73.4 Å². The molecular weight excluding hydrogens is 416 g/mol. The average Bonchev–Trinajstić information content (AvgIpc) is 3.46. The van der Waals surface area contributed by atoms with Crippen LogP contribution in [0.1, 0.15) is 13.8 Å². The molecule has 3 heterocycles. The number of aromatic nitrogens is 4. The van der Waals surface area contributed by atoms with Crippen molar-refractivity contribution >= 4 is 33.7 Å². The third-order valence-corrected chi connectivity index (χ3v) is 5.23. The van der Waals surface area contributed by atoms with Gasteiger partial charge in [-0.2, -0.15) is 5.10 Å². The Morgan fingerprint density at radius 2 is 2.03 bits per heavy atom. The Morgan fingerprint density at radius 1 is 1.12 bits per heavy atom. The summed E-state index contributed by atoms with van der Waals surface area (Å²) in [6.45, 7) is 3.82. The minimum Gasteiger partial charge on any atom is -0.484 e. The van der Waals surface area contributed by atoms with E-state index < -0.39 is 0 Å². The van der Waals surface area contributed by atoms with Crippen LogP contribution in [0.15, 0.2) is 73.4 Å². The summed E-state index contributed by atoms with van der Waals surface area (Å²) in [7, 11) is 0. The van der Waals surface area contributed by atoms with Gasteiger partial charge in [-0.1, -0.05) is 12.1 Å². The van der Waals surface area contributed by atoms with E-state index in [1.165, 1.54) is 0 Å². The number of carbonyl (C=O) groups is 1. The van der Waals surface area contributed by atoms with Crippen molar-refractivity contribution in [2.45, 2.75) is 19.9 Å². The molecule has 3 N–H and O–H groups in total. The molecule has 2 aromatic carbocycles. The van der Waals surface area contributed by atoms with E-state index in [0.717, 1.165) is 38.9 Å². The normalized spacial score (nSPS) is 11.2. The Kier molecular flexibility index (Phi) is 5.40. The van der Waals surface area contributed by atoms with Crippen molar-refractivity contribution in [3.8, 4) is 16.9 Å². The van der Waals surface area contributed by atoms with Crippen LogP contribution in [0.4, 0.5) is 11.4 Å². The highest BCUT2D eigenvalue weighted by atomic mass is 16.5. The Balaban J connectivity index is 1.43. The van der Waals surface area contributed by atoms with E-state index in [9.17, 15) is 4.79 Å². The van der Waals surface area contributed by atoms with E-state index in [1.807, 2.05) is 67.0 Å². The van der Waals surface area contributed by atoms with Gasteiger partial charge in [-0.25, -0.2) is 4.98 Å². The number of amides is 1. The second-order valence-corrected chi connectivity index (χ2v) is 8.16. The summed E-state index contributed by atoms with van der Waals surface area (Å²) < 4.78 is 7.69. The summed E-state index contributed by atoms with van der Waals surface area (Å²) in [5.74, 6) is 0.494. The molecule has 8 nitrogen and oxygen atoms in total. The maximum absolute atomic E-state index is 11.9. The highest BCUT2D eigenvalue weighted by molar-refractivity contribution is 5.86. The molecule has 0 unspecified atom stereocenters. The van der Waals surface area contributed by atoms with Gasteiger partial charge in [-0.3, -0.25) is 9.89 Å². The number of ether oxygens (including phenoxy) is 1. The zero-order valence-electron chi connectivity index (χ0n) is 18.4. The lowest BCUT2D eigenvalue weighted by Gasteiger charge is -2.13. The molecule has 0 saturated heterocycles. The van der Waals surface area contributed by atoms with Gasteiger partial charge in [0.2, 0.25) is 0 Å². The predicted molar refractivity (Wildman–Crippen MR) is 129 cm³/mol. The highest BCUT2D eigenvalue weighted by Crippen LogP contribution is 2.31. The molecule has 0 aliphatic carbocycles. The number of anilines is 2. The largest absolute Gasteiger partial charge is 0.484 e. The summed E-state index contributed by atoms with van der Waals surface area (Å²) in [5, 5.41) is 14.4. The fraction of sp³-hybridized carbons (Fsp3) is 0.160. The van der Waals surface area contributed by atoms with E-state index in [-0.39, 0.29) is 18.6 Å². The number of nitrogens with one attached hydrogen (secondary N) is 3. The van der Waals surface area contributed by atoms with E-state index in [1.54, 1.807) is 12.5 Å². The van der Waals surface area contributed by atoms with Crippen molar-refractivity contribution in [2.24, 2.45) is 0 Å². The number of fused-ring (bicyclic) bond motifs is 2. The van der Waals surface area contributed by atoms with Gasteiger partial charge in [0.05, 0.1) is 35.4 Å². The zero-order valence-corrected chi connectivity index (χ0v) is 18.4. The zero-order chi connectivity index (χ0) is 22.8. The van der Waals surface area contributed by atoms with Crippen LogP contribution in [0.3, 0.4) is 0 Å². The summed E-state index contributed by atoms with van der Waals surface area (Å²) in [6, 6.07) is 15.9. The van der Waals surface area contributed by atoms with Crippen molar-refractivity contribution in [1.29, 1.82) is 0 Å². The van der Waals surface area contributed by atoms with Gasteiger partial charge < -0.3 is 19.8 Å². The fourth-order valence-corrected chi connectivity index (χ4v) is 3.74. The standard InChI is InChI=1S/C25H24N6O2/c1-16(2)28-25(32)14-33-21-5-3-4-17(9-21)19-10-23(24-12-26-15-31(24)13-19)29-20-6-7-22-18(8-20)11-27-30-22/h3-13,15-16,29H,14H2,1-2H3,(H,27,30)(H,28,32). The Bertz CT molecular complexity index is 1440. The van der Waals surface area contributed by atoms with Gasteiger partial charge in [-0.05, 0) is 55.8 Å². The number of benzene rings is 2. The molecule has 3 aromatic heterocycles. The number of aromatic amines is 1. The molecule has 0 fully saturated rings. The first kappa shape index (κ1) is 20.6. The van der Waals surface area contributed by atoms with Gasteiger partial charge in [0.15, 0.2) is 6.61 Å². The second-order valence-electron chi connectivity index (χ2n) is 8.16. The molecule has 8 heteroatoms. The van der Waals surface area contributed by atoms with Crippen molar-refractivity contribution in [1.82, 2.24) is 24.9 Å². The minimum atomic E-state index is -0.142. The smallest absolute Gasteiger partial charge is 0.258 e. The molecule has 0 atom stereocenters.